The second-order valence-electron chi connectivity index (χ2n) is 5.03. The first-order valence-electron chi connectivity index (χ1n) is 7.02. The fourth-order valence-corrected chi connectivity index (χ4v) is 2.38. The van der Waals surface area contributed by atoms with Crippen LogP contribution in [0.4, 0.5) is 0 Å². The molecule has 0 radical (unpaired) electrons. The van der Waals surface area contributed by atoms with E-state index in [4.69, 9.17) is 4.74 Å². The summed E-state index contributed by atoms with van der Waals surface area (Å²) in [6.45, 7) is 6.51. The lowest BCUT2D eigenvalue weighted by atomic mass is 9.87. The van der Waals surface area contributed by atoms with Gasteiger partial charge in [0, 0.05) is 6.61 Å². The summed E-state index contributed by atoms with van der Waals surface area (Å²) < 4.78 is 5.68. The molecule has 2 nitrogen and oxygen atoms in total. The van der Waals surface area contributed by atoms with Gasteiger partial charge in [0.05, 0.1) is 0 Å². The normalized spacial score (nSPS) is 21.0. The molecule has 1 unspecified atom stereocenters. The maximum absolute atomic E-state index is 12.5. The van der Waals surface area contributed by atoms with E-state index in [0.29, 0.717) is 6.61 Å². The number of carbonyl (C=O) groups is 1. The smallest absolute Gasteiger partial charge is 0.189 e. The first kappa shape index (κ1) is 14.4. The van der Waals surface area contributed by atoms with Crippen LogP contribution in [0.15, 0.2) is 11.6 Å². The Kier molecular flexibility index (Phi) is 5.90. The van der Waals surface area contributed by atoms with Crippen LogP contribution in [0.1, 0.15) is 65.7 Å². The van der Waals surface area contributed by atoms with E-state index >= 15 is 0 Å². The lowest BCUT2D eigenvalue weighted by Crippen LogP contribution is -2.39. The summed E-state index contributed by atoms with van der Waals surface area (Å²) in [6, 6.07) is 0. The molecule has 0 aromatic carbocycles. The van der Waals surface area contributed by atoms with Gasteiger partial charge in [-0.25, -0.2) is 0 Å². The number of ether oxygens (including phenoxy) is 1. The quantitative estimate of drug-likeness (QED) is 0.722. The second-order valence-corrected chi connectivity index (χ2v) is 5.03. The highest BCUT2D eigenvalue weighted by molar-refractivity contribution is 6.01. The molecular weight excluding hydrogens is 212 g/mol. The van der Waals surface area contributed by atoms with E-state index in [2.05, 4.69) is 6.08 Å². The number of ketones is 1. The average Bonchev–Trinajstić information content (AvgIpc) is 2.28. The number of rotatable bonds is 5. The van der Waals surface area contributed by atoms with Gasteiger partial charge in [0.15, 0.2) is 5.78 Å². The molecular formula is C15H26O2. The van der Waals surface area contributed by atoms with Crippen molar-refractivity contribution in [1.82, 2.24) is 0 Å². The van der Waals surface area contributed by atoms with Crippen molar-refractivity contribution < 1.29 is 9.53 Å². The molecule has 0 N–H and O–H groups in total. The highest BCUT2D eigenvalue weighted by Crippen LogP contribution is 2.26. The van der Waals surface area contributed by atoms with Crippen LogP contribution in [-0.4, -0.2) is 18.0 Å². The Morgan fingerprint density at radius 1 is 1.29 bits per heavy atom. The second kappa shape index (κ2) is 6.95. The van der Waals surface area contributed by atoms with Crippen molar-refractivity contribution in [3.8, 4) is 0 Å². The first-order chi connectivity index (χ1) is 8.14. The monoisotopic (exact) mass is 238 g/mol. The zero-order chi connectivity index (χ0) is 12.7. The third-order valence-electron chi connectivity index (χ3n) is 3.70. The minimum absolute atomic E-state index is 0.212. The van der Waals surface area contributed by atoms with Crippen LogP contribution < -0.4 is 0 Å². The average molecular weight is 238 g/mol. The molecule has 2 heteroatoms. The number of allylic oxidation sites excluding steroid dienone is 1. The van der Waals surface area contributed by atoms with Gasteiger partial charge in [-0.15, -0.1) is 0 Å². The summed E-state index contributed by atoms with van der Waals surface area (Å²) in [5.74, 6) is 0.212. The van der Waals surface area contributed by atoms with Crippen LogP contribution in [0.3, 0.4) is 0 Å². The van der Waals surface area contributed by atoms with Gasteiger partial charge in [-0.05, 0) is 51.5 Å². The van der Waals surface area contributed by atoms with Gasteiger partial charge in [0.25, 0.3) is 0 Å². The van der Waals surface area contributed by atoms with E-state index < -0.39 is 5.60 Å². The first-order valence-corrected chi connectivity index (χ1v) is 7.02. The standard InChI is InChI=1S/C15H26O2/c1-4-15(3,17-5-2)14(16)13-11-9-7-6-8-10-12-13/h11H,4-10,12H2,1-3H3. The van der Waals surface area contributed by atoms with Crippen molar-refractivity contribution in [3.05, 3.63) is 11.6 Å². The molecule has 0 saturated carbocycles. The van der Waals surface area contributed by atoms with Crippen molar-refractivity contribution >= 4 is 5.78 Å². The van der Waals surface area contributed by atoms with Gasteiger partial charge >= 0.3 is 0 Å². The van der Waals surface area contributed by atoms with Crippen molar-refractivity contribution in [2.45, 2.75) is 71.3 Å². The zero-order valence-corrected chi connectivity index (χ0v) is 11.6. The molecule has 0 aliphatic heterocycles. The highest BCUT2D eigenvalue weighted by Gasteiger charge is 2.33. The molecule has 1 rings (SSSR count). The summed E-state index contributed by atoms with van der Waals surface area (Å²) >= 11 is 0. The van der Waals surface area contributed by atoms with Crippen molar-refractivity contribution in [2.75, 3.05) is 6.61 Å². The Labute approximate surface area is 105 Å². The Morgan fingerprint density at radius 3 is 2.65 bits per heavy atom. The molecule has 98 valence electrons. The lowest BCUT2D eigenvalue weighted by Gasteiger charge is -2.28. The van der Waals surface area contributed by atoms with Crippen LogP contribution in [0.2, 0.25) is 0 Å². The minimum atomic E-state index is -0.611. The van der Waals surface area contributed by atoms with Crippen molar-refractivity contribution in [3.63, 3.8) is 0 Å². The summed E-state index contributed by atoms with van der Waals surface area (Å²) in [6.07, 6.45) is 9.79. The van der Waals surface area contributed by atoms with E-state index in [1.807, 2.05) is 20.8 Å². The number of hydrogen-bond donors (Lipinski definition) is 0. The molecule has 0 heterocycles. The Bertz CT molecular complexity index is 281. The minimum Gasteiger partial charge on any atom is -0.367 e. The summed E-state index contributed by atoms with van der Waals surface area (Å²) in [7, 11) is 0. The van der Waals surface area contributed by atoms with Crippen LogP contribution >= 0.6 is 0 Å². The van der Waals surface area contributed by atoms with E-state index in [1.165, 1.54) is 19.3 Å². The third kappa shape index (κ3) is 3.95. The largest absolute Gasteiger partial charge is 0.367 e. The summed E-state index contributed by atoms with van der Waals surface area (Å²) in [5, 5.41) is 0. The number of Topliss-reactive ketones (excluding diaryl/α,β-unsaturated/α-hetero) is 1. The van der Waals surface area contributed by atoms with Gasteiger partial charge in [0.2, 0.25) is 0 Å². The summed E-state index contributed by atoms with van der Waals surface area (Å²) in [5.41, 5.74) is 0.391. The lowest BCUT2D eigenvalue weighted by molar-refractivity contribution is -0.138. The molecule has 0 amide bonds. The topological polar surface area (TPSA) is 26.3 Å². The molecule has 0 aromatic rings. The van der Waals surface area contributed by atoms with Gasteiger partial charge in [0.1, 0.15) is 5.60 Å². The fourth-order valence-electron chi connectivity index (χ4n) is 2.38. The Hall–Kier alpha value is -0.630. The molecule has 0 spiro atoms. The molecule has 1 aliphatic rings. The molecule has 0 bridgehead atoms. The van der Waals surface area contributed by atoms with E-state index in [9.17, 15) is 4.79 Å². The molecule has 1 atom stereocenters. The van der Waals surface area contributed by atoms with Crippen molar-refractivity contribution in [2.24, 2.45) is 0 Å². The molecule has 17 heavy (non-hydrogen) atoms. The molecule has 0 aromatic heterocycles. The van der Waals surface area contributed by atoms with Crippen molar-refractivity contribution in [1.29, 1.82) is 0 Å². The third-order valence-corrected chi connectivity index (χ3v) is 3.70. The fraction of sp³-hybridized carbons (Fsp3) is 0.800. The SMILES string of the molecule is CCOC(C)(CC)C(=O)C1=CCCCCCC1. The summed E-state index contributed by atoms with van der Waals surface area (Å²) in [4.78, 5) is 12.5. The molecule has 1 aliphatic carbocycles. The zero-order valence-electron chi connectivity index (χ0n) is 11.6. The van der Waals surface area contributed by atoms with E-state index in [0.717, 1.165) is 31.3 Å². The predicted octanol–water partition coefficient (Wildman–Crippen LogP) is 4.04. The van der Waals surface area contributed by atoms with E-state index in [1.54, 1.807) is 0 Å². The van der Waals surface area contributed by atoms with Gasteiger partial charge in [-0.3, -0.25) is 4.79 Å². The number of hydrogen-bond acceptors (Lipinski definition) is 2. The van der Waals surface area contributed by atoms with E-state index in [-0.39, 0.29) is 5.78 Å². The Balaban J connectivity index is 2.77. The number of carbonyl (C=O) groups excluding carboxylic acids is 1. The van der Waals surface area contributed by atoms with Gasteiger partial charge in [-0.2, -0.15) is 0 Å². The van der Waals surface area contributed by atoms with Crippen LogP contribution in [0.25, 0.3) is 0 Å². The van der Waals surface area contributed by atoms with Crippen LogP contribution in [-0.2, 0) is 9.53 Å². The maximum atomic E-state index is 12.5. The predicted molar refractivity (Wildman–Crippen MR) is 71.1 cm³/mol. The molecule has 0 saturated heterocycles. The molecule has 0 fully saturated rings. The van der Waals surface area contributed by atoms with Gasteiger partial charge < -0.3 is 4.74 Å². The van der Waals surface area contributed by atoms with Gasteiger partial charge in [-0.1, -0.05) is 25.8 Å². The maximum Gasteiger partial charge on any atom is 0.189 e. The Morgan fingerprint density at radius 2 is 2.00 bits per heavy atom. The van der Waals surface area contributed by atoms with Crippen LogP contribution in [0.5, 0.6) is 0 Å². The highest BCUT2D eigenvalue weighted by atomic mass is 16.5. The van der Waals surface area contributed by atoms with Crippen LogP contribution in [0, 0.1) is 0 Å².